The molecule has 1 heterocycles. The molecule has 0 aliphatic rings. The fourth-order valence-electron chi connectivity index (χ4n) is 1.61. The molecule has 1 aromatic carbocycles. The van der Waals surface area contributed by atoms with Crippen molar-refractivity contribution >= 4 is 38.9 Å². The van der Waals surface area contributed by atoms with Crippen LogP contribution in [0.4, 0.5) is 0 Å². The van der Waals surface area contributed by atoms with Crippen molar-refractivity contribution in [2.75, 3.05) is 6.54 Å². The summed E-state index contributed by atoms with van der Waals surface area (Å²) in [6.45, 7) is -0.0216. The molecule has 1 amide bonds. The van der Waals surface area contributed by atoms with E-state index in [2.05, 4.69) is 9.71 Å². The number of rotatable bonds is 5. The third-order valence-electron chi connectivity index (χ3n) is 2.72. The number of nitrogens with one attached hydrogen (secondary N) is 1. The third kappa shape index (κ3) is 4.51. The van der Waals surface area contributed by atoms with Crippen molar-refractivity contribution in [1.82, 2.24) is 9.29 Å². The molecule has 0 spiro atoms. The average Bonchev–Trinajstić information content (AvgIpc) is 2.84. The summed E-state index contributed by atoms with van der Waals surface area (Å²) in [4.78, 5) is 16.3. The number of aryl methyl sites for hydroxylation is 1. The van der Waals surface area contributed by atoms with Crippen LogP contribution in [0.3, 0.4) is 0 Å². The lowest BCUT2D eigenvalue weighted by atomic mass is 10.4. The highest BCUT2D eigenvalue weighted by atomic mass is 35.5. The minimum Gasteiger partial charge on any atom is -0.327 e. The number of hydrogen-bond donors (Lipinski definition) is 1. The van der Waals surface area contributed by atoms with Crippen molar-refractivity contribution in [3.63, 3.8) is 0 Å². The first-order valence-electron chi connectivity index (χ1n) is 6.31. The first-order chi connectivity index (χ1) is 10.4. The van der Waals surface area contributed by atoms with E-state index < -0.39 is 10.0 Å². The highest BCUT2D eigenvalue weighted by molar-refractivity contribution is 7.89. The minimum absolute atomic E-state index is 0.0162. The number of benzene rings is 1. The number of thiazole rings is 1. The van der Waals surface area contributed by atoms with Crippen LogP contribution in [-0.4, -0.2) is 25.4 Å². The van der Waals surface area contributed by atoms with Crippen LogP contribution < -0.4 is 9.52 Å². The molecule has 2 aromatic rings. The second kappa shape index (κ2) is 7.19. The van der Waals surface area contributed by atoms with Gasteiger partial charge in [0.15, 0.2) is 4.80 Å². The van der Waals surface area contributed by atoms with Crippen LogP contribution >= 0.6 is 22.9 Å². The number of sulfonamides is 1. The number of carbonyl (C=O) groups is 1. The Hall–Kier alpha value is -1.48. The van der Waals surface area contributed by atoms with Crippen molar-refractivity contribution in [2.45, 2.75) is 11.3 Å². The SMILES string of the molecule is Cn1ccsc1=NC(=O)CCNS(=O)(=O)c1cccc(Cl)c1. The zero-order valence-electron chi connectivity index (χ0n) is 11.7. The Morgan fingerprint density at radius 3 is 2.86 bits per heavy atom. The second-order valence-electron chi connectivity index (χ2n) is 4.41. The smallest absolute Gasteiger partial charge is 0.249 e. The zero-order valence-corrected chi connectivity index (χ0v) is 14.1. The maximum absolute atomic E-state index is 12.0. The van der Waals surface area contributed by atoms with Crippen LogP contribution in [0.15, 0.2) is 45.7 Å². The molecule has 0 saturated heterocycles. The zero-order chi connectivity index (χ0) is 16.2. The lowest BCUT2D eigenvalue weighted by molar-refractivity contribution is -0.117. The Kier molecular flexibility index (Phi) is 5.52. The number of nitrogens with zero attached hydrogens (tertiary/aromatic N) is 2. The Balaban J connectivity index is 1.96. The van der Waals surface area contributed by atoms with Crippen LogP contribution in [0.1, 0.15) is 6.42 Å². The number of amides is 1. The molecule has 0 aliphatic heterocycles. The highest BCUT2D eigenvalue weighted by Gasteiger charge is 2.14. The van der Waals surface area contributed by atoms with E-state index >= 15 is 0 Å². The molecule has 0 aliphatic carbocycles. The molecular formula is C13H14ClN3O3S2. The Labute approximate surface area is 137 Å². The summed E-state index contributed by atoms with van der Waals surface area (Å²) in [6.07, 6.45) is 1.77. The fraction of sp³-hybridized carbons (Fsp3) is 0.231. The van der Waals surface area contributed by atoms with Gasteiger partial charge in [-0.2, -0.15) is 4.99 Å². The maximum atomic E-state index is 12.0. The molecule has 2 rings (SSSR count). The summed E-state index contributed by atoms with van der Waals surface area (Å²) in [5, 5.41) is 2.15. The average molecular weight is 360 g/mol. The van der Waals surface area contributed by atoms with E-state index in [1.54, 1.807) is 29.9 Å². The molecule has 1 aromatic heterocycles. The standard InChI is InChI=1S/C13H14ClN3O3S2/c1-17-7-8-21-13(17)16-12(18)5-6-15-22(19,20)11-4-2-3-10(14)9-11/h2-4,7-9,15H,5-6H2,1H3. The summed E-state index contributed by atoms with van der Waals surface area (Å²) < 4.78 is 28.1. The van der Waals surface area contributed by atoms with E-state index in [4.69, 9.17) is 11.6 Å². The van der Waals surface area contributed by atoms with Crippen molar-refractivity contribution in [3.8, 4) is 0 Å². The molecule has 22 heavy (non-hydrogen) atoms. The van der Waals surface area contributed by atoms with E-state index in [0.717, 1.165) is 0 Å². The normalized spacial score (nSPS) is 12.5. The first kappa shape index (κ1) is 16.9. The summed E-state index contributed by atoms with van der Waals surface area (Å²) in [5.74, 6) is -0.383. The van der Waals surface area contributed by atoms with Gasteiger partial charge >= 0.3 is 0 Å². The van der Waals surface area contributed by atoms with E-state index in [0.29, 0.717) is 9.82 Å². The fourth-order valence-corrected chi connectivity index (χ4v) is 3.69. The monoisotopic (exact) mass is 359 g/mol. The third-order valence-corrected chi connectivity index (χ3v) is 5.26. The highest BCUT2D eigenvalue weighted by Crippen LogP contribution is 2.14. The molecule has 9 heteroatoms. The van der Waals surface area contributed by atoms with Crippen molar-refractivity contribution < 1.29 is 13.2 Å². The van der Waals surface area contributed by atoms with E-state index in [1.165, 1.54) is 23.5 Å². The maximum Gasteiger partial charge on any atom is 0.249 e. The number of aromatic nitrogens is 1. The lowest BCUT2D eigenvalue weighted by Crippen LogP contribution is -2.26. The van der Waals surface area contributed by atoms with Gasteiger partial charge in [-0.05, 0) is 18.2 Å². The van der Waals surface area contributed by atoms with Gasteiger partial charge in [0, 0.05) is 36.6 Å². The van der Waals surface area contributed by atoms with Gasteiger partial charge in [-0.3, -0.25) is 4.79 Å². The van der Waals surface area contributed by atoms with Gasteiger partial charge < -0.3 is 4.57 Å². The Morgan fingerprint density at radius 2 is 2.23 bits per heavy atom. The van der Waals surface area contributed by atoms with Gasteiger partial charge in [0.05, 0.1) is 4.90 Å². The summed E-state index contributed by atoms with van der Waals surface area (Å²) in [5.41, 5.74) is 0. The van der Waals surface area contributed by atoms with Crippen LogP contribution in [0.25, 0.3) is 0 Å². The molecule has 0 unspecified atom stereocenters. The van der Waals surface area contributed by atoms with Crippen LogP contribution in [0.2, 0.25) is 5.02 Å². The Bertz CT molecular complexity index is 840. The van der Waals surface area contributed by atoms with Gasteiger partial charge in [0.1, 0.15) is 0 Å². The molecule has 6 nitrogen and oxygen atoms in total. The van der Waals surface area contributed by atoms with Crippen molar-refractivity contribution in [3.05, 3.63) is 45.7 Å². The van der Waals surface area contributed by atoms with Crippen molar-refractivity contribution in [1.29, 1.82) is 0 Å². The summed E-state index contributed by atoms with van der Waals surface area (Å²) in [7, 11) is -1.90. The predicted molar refractivity (Wildman–Crippen MR) is 85.1 cm³/mol. The quantitative estimate of drug-likeness (QED) is 0.879. The number of hydrogen-bond acceptors (Lipinski definition) is 4. The largest absolute Gasteiger partial charge is 0.327 e. The number of carbonyl (C=O) groups excluding carboxylic acids is 1. The predicted octanol–water partition coefficient (Wildman–Crippen LogP) is 1.54. The lowest BCUT2D eigenvalue weighted by Gasteiger charge is -2.05. The van der Waals surface area contributed by atoms with Gasteiger partial charge in [0.2, 0.25) is 15.9 Å². The summed E-state index contributed by atoms with van der Waals surface area (Å²) in [6, 6.07) is 5.92. The van der Waals surface area contributed by atoms with Gasteiger partial charge in [0.25, 0.3) is 0 Å². The van der Waals surface area contributed by atoms with Crippen LogP contribution in [0.5, 0.6) is 0 Å². The molecule has 0 bridgehead atoms. The number of halogens is 1. The minimum atomic E-state index is -3.68. The van der Waals surface area contributed by atoms with Gasteiger partial charge in [-0.15, -0.1) is 11.3 Å². The summed E-state index contributed by atoms with van der Waals surface area (Å²) >= 11 is 7.10. The van der Waals surface area contributed by atoms with Crippen molar-refractivity contribution in [2.24, 2.45) is 12.0 Å². The van der Waals surface area contributed by atoms with E-state index in [9.17, 15) is 13.2 Å². The molecule has 0 saturated carbocycles. The first-order valence-corrected chi connectivity index (χ1v) is 9.05. The molecule has 1 N–H and O–H groups in total. The second-order valence-corrected chi connectivity index (χ2v) is 7.48. The van der Waals surface area contributed by atoms with Gasteiger partial charge in [-0.25, -0.2) is 13.1 Å². The van der Waals surface area contributed by atoms with Gasteiger partial charge in [-0.1, -0.05) is 17.7 Å². The molecule has 118 valence electrons. The van der Waals surface area contributed by atoms with E-state index in [-0.39, 0.29) is 23.8 Å². The molecular weight excluding hydrogens is 346 g/mol. The topological polar surface area (TPSA) is 80.5 Å². The molecule has 0 fully saturated rings. The van der Waals surface area contributed by atoms with Crippen LogP contribution in [-0.2, 0) is 21.9 Å². The Morgan fingerprint density at radius 1 is 1.45 bits per heavy atom. The molecule has 0 radical (unpaired) electrons. The van der Waals surface area contributed by atoms with Crippen LogP contribution in [0, 0.1) is 0 Å². The molecule has 0 atom stereocenters. The van der Waals surface area contributed by atoms with E-state index in [1.807, 2.05) is 5.38 Å².